The quantitative estimate of drug-likeness (QED) is 0.413. The molecule has 4 nitrogen and oxygen atoms in total. The van der Waals surface area contributed by atoms with Gasteiger partial charge >= 0.3 is 0 Å². The number of nitrogens with zero attached hydrogens (tertiary/aromatic N) is 1. The zero-order valence-corrected chi connectivity index (χ0v) is 14.7. The van der Waals surface area contributed by atoms with Crippen molar-refractivity contribution in [2.45, 2.75) is 25.1 Å². The molecule has 1 aromatic rings. The molecule has 1 aliphatic carbocycles. The highest BCUT2D eigenvalue weighted by molar-refractivity contribution is 7.97. The topological polar surface area (TPSA) is 45.7 Å². The summed E-state index contributed by atoms with van der Waals surface area (Å²) in [5.74, 6) is 2.14. The standard InChI is InChI=1S/C17H26FN3OS/c1-19-17(20-7-8-22-11-13-3-4-13)21-10-14-5-6-16(18)9-15(14)12-23-2/h5-6,9,13H,3-4,7-8,10-12H2,1-2H3,(H2,19,20,21). The van der Waals surface area contributed by atoms with E-state index in [1.807, 2.05) is 12.3 Å². The molecule has 0 radical (unpaired) electrons. The van der Waals surface area contributed by atoms with E-state index in [2.05, 4.69) is 15.6 Å². The van der Waals surface area contributed by atoms with E-state index in [4.69, 9.17) is 4.74 Å². The summed E-state index contributed by atoms with van der Waals surface area (Å²) < 4.78 is 18.9. The Balaban J connectivity index is 1.73. The summed E-state index contributed by atoms with van der Waals surface area (Å²) in [6.45, 7) is 2.92. The zero-order chi connectivity index (χ0) is 16.5. The lowest BCUT2D eigenvalue weighted by Crippen LogP contribution is -2.38. The number of ether oxygens (including phenoxy) is 1. The summed E-state index contributed by atoms with van der Waals surface area (Å²) in [6.07, 6.45) is 4.64. The van der Waals surface area contributed by atoms with Crippen molar-refractivity contribution < 1.29 is 9.13 Å². The molecule has 2 N–H and O–H groups in total. The second-order valence-electron chi connectivity index (χ2n) is 5.72. The maximum absolute atomic E-state index is 13.4. The maximum Gasteiger partial charge on any atom is 0.191 e. The van der Waals surface area contributed by atoms with Crippen LogP contribution in [-0.4, -0.2) is 39.0 Å². The molecule has 23 heavy (non-hydrogen) atoms. The van der Waals surface area contributed by atoms with Crippen LogP contribution in [0.3, 0.4) is 0 Å². The lowest BCUT2D eigenvalue weighted by Gasteiger charge is -2.14. The molecule has 1 aliphatic rings. The van der Waals surface area contributed by atoms with E-state index in [1.54, 1.807) is 24.9 Å². The zero-order valence-electron chi connectivity index (χ0n) is 13.9. The molecule has 0 atom stereocenters. The van der Waals surface area contributed by atoms with Crippen LogP contribution in [-0.2, 0) is 17.0 Å². The molecule has 2 rings (SSSR count). The fourth-order valence-corrected chi connectivity index (χ4v) is 2.81. The van der Waals surface area contributed by atoms with Gasteiger partial charge in [0.05, 0.1) is 6.61 Å². The molecule has 128 valence electrons. The lowest BCUT2D eigenvalue weighted by molar-refractivity contribution is 0.129. The number of halogens is 1. The van der Waals surface area contributed by atoms with E-state index in [0.717, 1.165) is 41.9 Å². The van der Waals surface area contributed by atoms with Gasteiger partial charge in [0.2, 0.25) is 0 Å². The fourth-order valence-electron chi connectivity index (χ4n) is 2.23. The molecule has 1 saturated carbocycles. The van der Waals surface area contributed by atoms with Crippen LogP contribution in [0.1, 0.15) is 24.0 Å². The van der Waals surface area contributed by atoms with E-state index in [0.29, 0.717) is 13.2 Å². The Morgan fingerprint density at radius 1 is 1.35 bits per heavy atom. The first-order valence-corrected chi connectivity index (χ1v) is 9.40. The van der Waals surface area contributed by atoms with Gasteiger partial charge in [-0.3, -0.25) is 4.99 Å². The molecule has 1 aromatic carbocycles. The normalized spacial score (nSPS) is 14.8. The third-order valence-corrected chi connectivity index (χ3v) is 4.33. The van der Waals surface area contributed by atoms with E-state index in [9.17, 15) is 4.39 Å². The minimum absolute atomic E-state index is 0.187. The first-order chi connectivity index (χ1) is 11.2. The largest absolute Gasteiger partial charge is 0.379 e. The van der Waals surface area contributed by atoms with Gasteiger partial charge in [0.15, 0.2) is 5.96 Å². The van der Waals surface area contributed by atoms with Gasteiger partial charge in [-0.1, -0.05) is 6.07 Å². The first kappa shape index (κ1) is 18.1. The number of rotatable bonds is 9. The van der Waals surface area contributed by atoms with Gasteiger partial charge in [0.1, 0.15) is 5.82 Å². The molecule has 0 aliphatic heterocycles. The molecule has 0 amide bonds. The Bertz CT molecular complexity index is 521. The summed E-state index contributed by atoms with van der Waals surface area (Å²) in [7, 11) is 1.74. The minimum Gasteiger partial charge on any atom is -0.379 e. The van der Waals surface area contributed by atoms with Gasteiger partial charge in [0, 0.05) is 32.5 Å². The molecule has 0 bridgehead atoms. The van der Waals surface area contributed by atoms with Crippen molar-refractivity contribution in [1.82, 2.24) is 10.6 Å². The highest BCUT2D eigenvalue weighted by Crippen LogP contribution is 2.28. The Morgan fingerprint density at radius 3 is 2.87 bits per heavy atom. The van der Waals surface area contributed by atoms with Crippen LogP contribution in [0.25, 0.3) is 0 Å². The van der Waals surface area contributed by atoms with Crippen LogP contribution in [0.4, 0.5) is 4.39 Å². The van der Waals surface area contributed by atoms with Crippen molar-refractivity contribution in [3.8, 4) is 0 Å². The second-order valence-corrected chi connectivity index (χ2v) is 6.58. The van der Waals surface area contributed by atoms with E-state index >= 15 is 0 Å². The lowest BCUT2D eigenvalue weighted by atomic mass is 10.1. The highest BCUT2D eigenvalue weighted by atomic mass is 32.2. The number of thioether (sulfide) groups is 1. The van der Waals surface area contributed by atoms with E-state index < -0.39 is 0 Å². The molecule has 1 fully saturated rings. The Hall–Kier alpha value is -1.27. The Kier molecular flexibility index (Phi) is 7.68. The predicted octanol–water partition coefficient (Wildman–Crippen LogP) is 2.78. The van der Waals surface area contributed by atoms with Crippen molar-refractivity contribution in [1.29, 1.82) is 0 Å². The maximum atomic E-state index is 13.4. The first-order valence-electron chi connectivity index (χ1n) is 8.01. The monoisotopic (exact) mass is 339 g/mol. The second kappa shape index (κ2) is 9.78. The number of hydrogen-bond acceptors (Lipinski definition) is 3. The number of guanidine groups is 1. The molecule has 0 spiro atoms. The summed E-state index contributed by atoms with van der Waals surface area (Å²) >= 11 is 1.69. The average molecular weight is 339 g/mol. The van der Waals surface area contributed by atoms with E-state index in [1.165, 1.54) is 18.9 Å². The molecule has 6 heteroatoms. The van der Waals surface area contributed by atoms with Gasteiger partial charge in [-0.05, 0) is 48.3 Å². The number of benzene rings is 1. The molecule has 0 heterocycles. The van der Waals surface area contributed by atoms with Gasteiger partial charge in [-0.15, -0.1) is 0 Å². The van der Waals surface area contributed by atoms with Crippen LogP contribution in [0, 0.1) is 11.7 Å². The summed E-state index contributed by atoms with van der Waals surface area (Å²) in [5, 5.41) is 6.50. The smallest absolute Gasteiger partial charge is 0.191 e. The third kappa shape index (κ3) is 6.79. The predicted molar refractivity (Wildman–Crippen MR) is 95.4 cm³/mol. The third-order valence-electron chi connectivity index (χ3n) is 3.73. The summed E-state index contributed by atoms with van der Waals surface area (Å²) in [5.41, 5.74) is 2.11. The van der Waals surface area contributed by atoms with Crippen molar-refractivity contribution in [3.63, 3.8) is 0 Å². The van der Waals surface area contributed by atoms with Crippen LogP contribution in [0.2, 0.25) is 0 Å². The van der Waals surface area contributed by atoms with Crippen LogP contribution >= 0.6 is 11.8 Å². The Morgan fingerprint density at radius 2 is 2.17 bits per heavy atom. The SMILES string of the molecule is CN=C(NCCOCC1CC1)NCc1ccc(F)cc1CSC. The fraction of sp³-hybridized carbons (Fsp3) is 0.588. The van der Waals surface area contributed by atoms with Gasteiger partial charge in [0.25, 0.3) is 0 Å². The molecular formula is C17H26FN3OS. The number of nitrogens with one attached hydrogen (secondary N) is 2. The molecule has 0 unspecified atom stereocenters. The van der Waals surface area contributed by atoms with Crippen LogP contribution in [0.15, 0.2) is 23.2 Å². The minimum atomic E-state index is -0.187. The van der Waals surface area contributed by atoms with Crippen LogP contribution < -0.4 is 10.6 Å². The number of aliphatic imine (C=N–C) groups is 1. The van der Waals surface area contributed by atoms with Crippen molar-refractivity contribution in [2.75, 3.05) is 33.1 Å². The molecule has 0 aromatic heterocycles. The van der Waals surface area contributed by atoms with Crippen LogP contribution in [0.5, 0.6) is 0 Å². The molecular weight excluding hydrogens is 313 g/mol. The molecule has 0 saturated heterocycles. The summed E-state index contributed by atoms with van der Waals surface area (Å²) in [4.78, 5) is 4.20. The summed E-state index contributed by atoms with van der Waals surface area (Å²) in [6, 6.07) is 4.94. The van der Waals surface area contributed by atoms with Crippen molar-refractivity contribution in [2.24, 2.45) is 10.9 Å². The number of hydrogen-bond donors (Lipinski definition) is 2. The van der Waals surface area contributed by atoms with Gasteiger partial charge in [-0.25, -0.2) is 4.39 Å². The Labute approximate surface area is 142 Å². The average Bonchev–Trinajstić information content (AvgIpc) is 3.36. The van der Waals surface area contributed by atoms with Crippen molar-refractivity contribution in [3.05, 3.63) is 35.1 Å². The highest BCUT2D eigenvalue weighted by Gasteiger charge is 2.20. The van der Waals surface area contributed by atoms with Gasteiger partial charge in [-0.2, -0.15) is 11.8 Å². The van der Waals surface area contributed by atoms with Gasteiger partial charge < -0.3 is 15.4 Å². The van der Waals surface area contributed by atoms with E-state index in [-0.39, 0.29) is 5.82 Å². The van der Waals surface area contributed by atoms with Crippen molar-refractivity contribution >= 4 is 17.7 Å².